The molecule has 0 aliphatic rings. The number of nitrogens with two attached hydrogens (primary N) is 1. The fourth-order valence-electron chi connectivity index (χ4n) is 2.00. The van der Waals surface area contributed by atoms with E-state index >= 15 is 0 Å². The maximum absolute atomic E-state index is 13.7. The van der Waals surface area contributed by atoms with Gasteiger partial charge in [-0.3, -0.25) is 4.57 Å². The maximum atomic E-state index is 13.7. The largest absolute Gasteiger partial charge is 0.369 e. The Morgan fingerprint density at radius 3 is 2.79 bits per heavy atom. The van der Waals surface area contributed by atoms with Crippen LogP contribution in [0.15, 0.2) is 40.9 Å². The van der Waals surface area contributed by atoms with Gasteiger partial charge in [-0.2, -0.15) is 0 Å². The van der Waals surface area contributed by atoms with Crippen LogP contribution in [0.2, 0.25) is 5.02 Å². The van der Waals surface area contributed by atoms with Crippen molar-refractivity contribution in [3.63, 3.8) is 0 Å². The van der Waals surface area contributed by atoms with E-state index in [1.807, 2.05) is 0 Å². The lowest BCUT2D eigenvalue weighted by Crippen LogP contribution is -2.01. The monoisotopic (exact) mass is 339 g/mol. The van der Waals surface area contributed by atoms with Gasteiger partial charge in [0.1, 0.15) is 5.52 Å². The summed E-state index contributed by atoms with van der Waals surface area (Å²) in [5, 5.41) is 0.602. The van der Waals surface area contributed by atoms with Crippen molar-refractivity contribution in [2.75, 3.05) is 5.73 Å². The molecular formula is C13H8BrClFN3. The van der Waals surface area contributed by atoms with Crippen LogP contribution in [-0.2, 0) is 0 Å². The maximum Gasteiger partial charge on any atom is 0.206 e. The van der Waals surface area contributed by atoms with Crippen molar-refractivity contribution in [1.82, 2.24) is 9.55 Å². The van der Waals surface area contributed by atoms with Crippen molar-refractivity contribution in [2.45, 2.75) is 0 Å². The lowest BCUT2D eigenvalue weighted by atomic mass is 10.2. The Bertz CT molecular complexity index is 785. The number of rotatable bonds is 1. The number of nitrogens with zero attached hydrogens (tertiary/aromatic N) is 2. The number of halogens is 3. The number of benzene rings is 2. The van der Waals surface area contributed by atoms with Gasteiger partial charge < -0.3 is 5.73 Å². The quantitative estimate of drug-likeness (QED) is 0.723. The third kappa shape index (κ3) is 1.99. The second kappa shape index (κ2) is 4.51. The van der Waals surface area contributed by atoms with Crippen LogP contribution < -0.4 is 5.73 Å². The fourth-order valence-corrected chi connectivity index (χ4v) is 2.86. The Hall–Kier alpha value is -1.59. The van der Waals surface area contributed by atoms with Gasteiger partial charge in [-0.15, -0.1) is 0 Å². The summed E-state index contributed by atoms with van der Waals surface area (Å²) in [6.07, 6.45) is 0. The Labute approximate surface area is 121 Å². The van der Waals surface area contributed by atoms with E-state index in [0.717, 1.165) is 10.2 Å². The van der Waals surface area contributed by atoms with E-state index in [0.29, 0.717) is 10.5 Å². The van der Waals surface area contributed by atoms with Crippen molar-refractivity contribution >= 4 is 44.5 Å². The Kier molecular flexibility index (Phi) is 2.95. The third-order valence-electron chi connectivity index (χ3n) is 2.81. The number of hydrogen-bond donors (Lipinski definition) is 1. The highest BCUT2D eigenvalue weighted by molar-refractivity contribution is 9.10. The molecule has 0 fully saturated rings. The Morgan fingerprint density at radius 2 is 2.05 bits per heavy atom. The van der Waals surface area contributed by atoms with Gasteiger partial charge in [0.05, 0.1) is 11.2 Å². The van der Waals surface area contributed by atoms with Gasteiger partial charge >= 0.3 is 0 Å². The van der Waals surface area contributed by atoms with Crippen LogP contribution in [0.3, 0.4) is 0 Å². The molecule has 96 valence electrons. The minimum Gasteiger partial charge on any atom is -0.369 e. The zero-order chi connectivity index (χ0) is 13.6. The number of imidazole rings is 1. The van der Waals surface area contributed by atoms with Crippen LogP contribution in [0.1, 0.15) is 0 Å². The van der Waals surface area contributed by atoms with Crippen LogP contribution in [0.5, 0.6) is 0 Å². The van der Waals surface area contributed by atoms with E-state index < -0.39 is 5.82 Å². The summed E-state index contributed by atoms with van der Waals surface area (Å²) in [6.45, 7) is 0. The highest BCUT2D eigenvalue weighted by Gasteiger charge is 2.14. The van der Waals surface area contributed by atoms with Gasteiger partial charge in [-0.1, -0.05) is 17.7 Å². The Balaban J connectivity index is 2.36. The molecule has 0 aliphatic carbocycles. The Morgan fingerprint density at radius 1 is 1.26 bits per heavy atom. The molecule has 3 aromatic rings. The normalized spacial score (nSPS) is 11.1. The predicted octanol–water partition coefficient (Wildman–Crippen LogP) is 4.16. The molecule has 0 amide bonds. The fraction of sp³-hybridized carbons (Fsp3) is 0. The molecule has 3 nitrogen and oxygen atoms in total. The summed E-state index contributed by atoms with van der Waals surface area (Å²) in [4.78, 5) is 4.06. The summed E-state index contributed by atoms with van der Waals surface area (Å²) in [6, 6.07) is 10.0. The molecule has 0 atom stereocenters. The second-order valence-corrected chi connectivity index (χ2v) is 5.30. The molecule has 0 aliphatic heterocycles. The number of anilines is 1. The molecule has 2 aromatic carbocycles. The van der Waals surface area contributed by atoms with Crippen molar-refractivity contribution in [3.8, 4) is 5.69 Å². The van der Waals surface area contributed by atoms with E-state index in [9.17, 15) is 4.39 Å². The van der Waals surface area contributed by atoms with Gasteiger partial charge in [0.2, 0.25) is 5.95 Å². The number of aromatic nitrogens is 2. The summed E-state index contributed by atoms with van der Waals surface area (Å²) in [5.41, 5.74) is 7.52. The highest BCUT2D eigenvalue weighted by Crippen LogP contribution is 2.30. The van der Waals surface area contributed by atoms with E-state index in [2.05, 4.69) is 20.9 Å². The lowest BCUT2D eigenvalue weighted by Gasteiger charge is -2.09. The summed E-state index contributed by atoms with van der Waals surface area (Å²) < 4.78 is 16.1. The van der Waals surface area contributed by atoms with Crippen molar-refractivity contribution in [2.24, 2.45) is 0 Å². The first-order valence-electron chi connectivity index (χ1n) is 5.46. The molecule has 19 heavy (non-hydrogen) atoms. The standard InChI is InChI=1S/C13H8BrClFN3/c14-8-6-7(15)4-5-10(8)19-11-3-1-2-9(16)12(11)18-13(19)17/h1-6H,(H2,17,18). The molecule has 6 heteroatoms. The molecule has 0 saturated carbocycles. The van der Waals surface area contributed by atoms with Crippen LogP contribution in [0.25, 0.3) is 16.7 Å². The first-order chi connectivity index (χ1) is 9.08. The lowest BCUT2D eigenvalue weighted by molar-refractivity contribution is 0.637. The molecule has 0 saturated heterocycles. The van der Waals surface area contributed by atoms with E-state index in [4.69, 9.17) is 17.3 Å². The molecule has 0 unspecified atom stereocenters. The first kappa shape index (κ1) is 12.4. The molecule has 0 bridgehead atoms. The molecule has 1 aromatic heterocycles. The summed E-state index contributed by atoms with van der Waals surface area (Å²) in [5.74, 6) is -0.170. The van der Waals surface area contributed by atoms with Crippen LogP contribution in [-0.4, -0.2) is 9.55 Å². The SMILES string of the molecule is Nc1nc2c(F)cccc2n1-c1ccc(Cl)cc1Br. The van der Waals surface area contributed by atoms with Gasteiger partial charge in [0.25, 0.3) is 0 Å². The summed E-state index contributed by atoms with van der Waals surface area (Å²) >= 11 is 9.34. The van der Waals surface area contributed by atoms with E-state index in [1.165, 1.54) is 6.07 Å². The highest BCUT2D eigenvalue weighted by atomic mass is 79.9. The zero-order valence-electron chi connectivity index (χ0n) is 9.57. The smallest absolute Gasteiger partial charge is 0.206 e. The molecule has 2 N–H and O–H groups in total. The van der Waals surface area contributed by atoms with Gasteiger partial charge in [-0.05, 0) is 46.3 Å². The summed E-state index contributed by atoms with van der Waals surface area (Å²) in [7, 11) is 0. The minimum absolute atomic E-state index is 0.225. The molecular weight excluding hydrogens is 333 g/mol. The van der Waals surface area contributed by atoms with E-state index in [1.54, 1.807) is 34.9 Å². The van der Waals surface area contributed by atoms with E-state index in [-0.39, 0.29) is 11.5 Å². The molecule has 0 spiro atoms. The predicted molar refractivity (Wildman–Crippen MR) is 78.2 cm³/mol. The minimum atomic E-state index is -0.395. The molecule has 3 rings (SSSR count). The molecule has 1 heterocycles. The number of fused-ring (bicyclic) bond motifs is 1. The van der Waals surface area contributed by atoms with Crippen molar-refractivity contribution in [1.29, 1.82) is 0 Å². The second-order valence-electron chi connectivity index (χ2n) is 4.01. The van der Waals surface area contributed by atoms with Gasteiger partial charge in [0, 0.05) is 9.50 Å². The number of para-hydroxylation sites is 1. The van der Waals surface area contributed by atoms with Gasteiger partial charge in [0.15, 0.2) is 5.82 Å². The average Bonchev–Trinajstić information content (AvgIpc) is 2.68. The van der Waals surface area contributed by atoms with Crippen LogP contribution in [0.4, 0.5) is 10.3 Å². The number of hydrogen-bond acceptors (Lipinski definition) is 2. The first-order valence-corrected chi connectivity index (χ1v) is 6.63. The van der Waals surface area contributed by atoms with Crippen LogP contribution in [0, 0.1) is 5.82 Å². The average molecular weight is 341 g/mol. The van der Waals surface area contributed by atoms with Gasteiger partial charge in [-0.25, -0.2) is 9.37 Å². The van der Waals surface area contributed by atoms with Crippen molar-refractivity contribution in [3.05, 3.63) is 51.7 Å². The number of nitrogen functional groups attached to an aromatic ring is 1. The molecule has 0 radical (unpaired) electrons. The van der Waals surface area contributed by atoms with Crippen molar-refractivity contribution < 1.29 is 4.39 Å². The van der Waals surface area contributed by atoms with Crippen LogP contribution >= 0.6 is 27.5 Å². The third-order valence-corrected chi connectivity index (χ3v) is 3.68. The topological polar surface area (TPSA) is 43.8 Å². The zero-order valence-corrected chi connectivity index (χ0v) is 11.9.